The molecule has 0 aliphatic heterocycles. The van der Waals surface area contributed by atoms with E-state index in [2.05, 4.69) is 24.1 Å². The van der Waals surface area contributed by atoms with Crippen LogP contribution in [0.1, 0.15) is 30.6 Å². The molecule has 0 saturated carbocycles. The molecule has 25 heavy (non-hydrogen) atoms. The molecule has 2 aromatic heterocycles. The molecule has 8 nitrogen and oxygen atoms in total. The Balaban J connectivity index is 2.07. The lowest BCUT2D eigenvalue weighted by atomic mass is 10.2. The van der Waals surface area contributed by atoms with Crippen molar-refractivity contribution >= 4 is 16.9 Å². The number of carbonyl (C=O) groups excluding carboxylic acids is 1. The van der Waals surface area contributed by atoms with Crippen molar-refractivity contribution in [2.75, 3.05) is 19.8 Å². The van der Waals surface area contributed by atoms with Crippen LogP contribution < -0.4 is 16.6 Å². The van der Waals surface area contributed by atoms with Crippen LogP contribution in [0.25, 0.3) is 11.0 Å². The monoisotopic (exact) mass is 348 g/mol. The van der Waals surface area contributed by atoms with Crippen LogP contribution in [0, 0.1) is 5.92 Å². The van der Waals surface area contributed by atoms with Crippen molar-refractivity contribution in [1.82, 2.24) is 19.4 Å². The number of amides is 1. The highest BCUT2D eigenvalue weighted by Gasteiger charge is 2.13. The van der Waals surface area contributed by atoms with Gasteiger partial charge in [-0.05, 0) is 18.4 Å². The fourth-order valence-corrected chi connectivity index (χ4v) is 2.39. The summed E-state index contributed by atoms with van der Waals surface area (Å²) in [5, 5.41) is 3.01. The standard InChI is InChI=1S/C17H24N4O4/c1-11(2)10-25-7-5-6-18-15(22)12-8-13-14(19-9-12)20(3)17(24)21(4)16(13)23/h8-9,11H,5-7,10H2,1-4H3,(H,18,22). The fourth-order valence-electron chi connectivity index (χ4n) is 2.39. The van der Waals surface area contributed by atoms with Gasteiger partial charge in [-0.1, -0.05) is 13.8 Å². The Kier molecular flexibility index (Phi) is 6.08. The minimum Gasteiger partial charge on any atom is -0.381 e. The first kappa shape index (κ1) is 18.9. The third-order valence-corrected chi connectivity index (χ3v) is 3.76. The van der Waals surface area contributed by atoms with Gasteiger partial charge in [0.15, 0.2) is 0 Å². The number of fused-ring (bicyclic) bond motifs is 1. The first-order chi connectivity index (χ1) is 11.8. The molecule has 0 atom stereocenters. The molecule has 2 heterocycles. The molecule has 0 fully saturated rings. The maximum absolute atomic E-state index is 12.2. The van der Waals surface area contributed by atoms with E-state index in [-0.39, 0.29) is 22.5 Å². The summed E-state index contributed by atoms with van der Waals surface area (Å²) in [5.74, 6) is 0.172. The average Bonchev–Trinajstić information content (AvgIpc) is 2.60. The number of ether oxygens (including phenoxy) is 1. The summed E-state index contributed by atoms with van der Waals surface area (Å²) in [4.78, 5) is 40.4. The SMILES string of the molecule is CC(C)COCCCNC(=O)c1cnc2c(c1)c(=O)n(C)c(=O)n2C. The second-order valence-corrected chi connectivity index (χ2v) is 6.38. The van der Waals surface area contributed by atoms with Gasteiger partial charge in [-0.15, -0.1) is 0 Å². The highest BCUT2D eigenvalue weighted by Crippen LogP contribution is 2.07. The minimum atomic E-state index is -0.470. The zero-order valence-electron chi connectivity index (χ0n) is 15.0. The van der Waals surface area contributed by atoms with Crippen LogP contribution in [-0.2, 0) is 18.8 Å². The highest BCUT2D eigenvalue weighted by molar-refractivity contribution is 5.96. The summed E-state index contributed by atoms with van der Waals surface area (Å²) >= 11 is 0. The van der Waals surface area contributed by atoms with E-state index in [0.29, 0.717) is 32.1 Å². The van der Waals surface area contributed by atoms with Crippen molar-refractivity contribution in [3.05, 3.63) is 38.7 Å². The van der Waals surface area contributed by atoms with Crippen molar-refractivity contribution in [2.45, 2.75) is 20.3 Å². The Labute approximate surface area is 145 Å². The third-order valence-electron chi connectivity index (χ3n) is 3.76. The number of rotatable bonds is 7. The van der Waals surface area contributed by atoms with Gasteiger partial charge in [0.1, 0.15) is 5.65 Å². The molecular formula is C17H24N4O4. The number of hydrogen-bond acceptors (Lipinski definition) is 5. The zero-order valence-corrected chi connectivity index (χ0v) is 15.0. The quantitative estimate of drug-likeness (QED) is 0.732. The van der Waals surface area contributed by atoms with E-state index >= 15 is 0 Å². The van der Waals surface area contributed by atoms with Gasteiger partial charge in [-0.3, -0.25) is 18.7 Å². The summed E-state index contributed by atoms with van der Waals surface area (Å²) in [6.07, 6.45) is 2.07. The van der Waals surface area contributed by atoms with E-state index in [1.54, 1.807) is 0 Å². The minimum absolute atomic E-state index is 0.234. The van der Waals surface area contributed by atoms with Crippen LogP contribution >= 0.6 is 0 Å². The molecule has 0 aliphatic rings. The molecule has 0 radical (unpaired) electrons. The van der Waals surface area contributed by atoms with Gasteiger partial charge in [-0.2, -0.15) is 0 Å². The van der Waals surface area contributed by atoms with Crippen LogP contribution in [0.3, 0.4) is 0 Å². The first-order valence-electron chi connectivity index (χ1n) is 8.24. The second kappa shape index (κ2) is 8.06. The summed E-state index contributed by atoms with van der Waals surface area (Å²) in [6.45, 7) is 5.91. The topological polar surface area (TPSA) is 95.2 Å². The Hall–Kier alpha value is -2.48. The lowest BCUT2D eigenvalue weighted by Crippen LogP contribution is -2.37. The van der Waals surface area contributed by atoms with Gasteiger partial charge in [0, 0.05) is 40.1 Å². The molecule has 0 spiro atoms. The molecule has 2 aromatic rings. The zero-order chi connectivity index (χ0) is 18.6. The van der Waals surface area contributed by atoms with Crippen LogP contribution in [0.5, 0.6) is 0 Å². The van der Waals surface area contributed by atoms with Crippen molar-refractivity contribution in [3.8, 4) is 0 Å². The maximum atomic E-state index is 12.2. The van der Waals surface area contributed by atoms with E-state index in [1.807, 2.05) is 0 Å². The molecule has 0 aromatic carbocycles. The number of hydrogen-bond donors (Lipinski definition) is 1. The first-order valence-corrected chi connectivity index (χ1v) is 8.24. The molecule has 2 rings (SSSR count). The molecular weight excluding hydrogens is 324 g/mol. The van der Waals surface area contributed by atoms with E-state index in [1.165, 1.54) is 30.9 Å². The summed E-state index contributed by atoms with van der Waals surface area (Å²) < 4.78 is 7.73. The molecule has 136 valence electrons. The van der Waals surface area contributed by atoms with Crippen molar-refractivity contribution < 1.29 is 9.53 Å². The largest absolute Gasteiger partial charge is 0.381 e. The molecule has 0 aliphatic carbocycles. The van der Waals surface area contributed by atoms with Gasteiger partial charge < -0.3 is 10.1 Å². The number of aryl methyl sites for hydroxylation is 1. The Morgan fingerprint density at radius 1 is 1.28 bits per heavy atom. The smallest absolute Gasteiger partial charge is 0.332 e. The van der Waals surface area contributed by atoms with E-state index in [9.17, 15) is 14.4 Å². The van der Waals surface area contributed by atoms with Gasteiger partial charge in [0.2, 0.25) is 0 Å². The predicted molar refractivity (Wildman–Crippen MR) is 94.8 cm³/mol. The third kappa shape index (κ3) is 4.33. The number of pyridine rings is 1. The number of aromatic nitrogens is 3. The van der Waals surface area contributed by atoms with Crippen molar-refractivity contribution in [3.63, 3.8) is 0 Å². The van der Waals surface area contributed by atoms with Crippen LogP contribution in [0.15, 0.2) is 21.9 Å². The highest BCUT2D eigenvalue weighted by atomic mass is 16.5. The van der Waals surface area contributed by atoms with Gasteiger partial charge in [0.25, 0.3) is 11.5 Å². The van der Waals surface area contributed by atoms with Crippen molar-refractivity contribution in [1.29, 1.82) is 0 Å². The normalized spacial score (nSPS) is 11.2. The maximum Gasteiger partial charge on any atom is 0.332 e. The van der Waals surface area contributed by atoms with E-state index in [4.69, 9.17) is 4.74 Å². The molecule has 1 N–H and O–H groups in total. The summed E-state index contributed by atoms with van der Waals surface area (Å²) in [7, 11) is 2.93. The van der Waals surface area contributed by atoms with Gasteiger partial charge in [0.05, 0.1) is 10.9 Å². The number of nitrogens with zero attached hydrogens (tertiary/aromatic N) is 3. The predicted octanol–water partition coefficient (Wildman–Crippen LogP) is 0.425. The lowest BCUT2D eigenvalue weighted by molar-refractivity contribution is 0.0925. The molecule has 8 heteroatoms. The molecule has 1 amide bonds. The lowest BCUT2D eigenvalue weighted by Gasteiger charge is -2.09. The second-order valence-electron chi connectivity index (χ2n) is 6.38. The van der Waals surface area contributed by atoms with Crippen LogP contribution in [0.2, 0.25) is 0 Å². The molecule has 0 saturated heterocycles. The Morgan fingerprint density at radius 3 is 2.68 bits per heavy atom. The summed E-state index contributed by atoms with van der Waals surface area (Å²) in [5.41, 5.74) is -0.385. The number of nitrogens with one attached hydrogen (secondary N) is 1. The summed E-state index contributed by atoms with van der Waals surface area (Å²) in [6, 6.07) is 1.47. The number of carbonyl (C=O) groups is 1. The van der Waals surface area contributed by atoms with E-state index < -0.39 is 11.2 Å². The van der Waals surface area contributed by atoms with Crippen LogP contribution in [0.4, 0.5) is 0 Å². The molecule has 0 bridgehead atoms. The van der Waals surface area contributed by atoms with Crippen molar-refractivity contribution in [2.24, 2.45) is 20.0 Å². The van der Waals surface area contributed by atoms with Crippen LogP contribution in [-0.4, -0.2) is 39.8 Å². The Morgan fingerprint density at radius 2 is 2.00 bits per heavy atom. The molecule has 0 unspecified atom stereocenters. The van der Waals surface area contributed by atoms with Gasteiger partial charge in [-0.25, -0.2) is 9.78 Å². The fraction of sp³-hybridized carbons (Fsp3) is 0.529. The average molecular weight is 348 g/mol. The van der Waals surface area contributed by atoms with E-state index in [0.717, 1.165) is 4.57 Å². The Bertz CT molecular complexity index is 883. The van der Waals surface area contributed by atoms with Gasteiger partial charge >= 0.3 is 5.69 Å².